The van der Waals surface area contributed by atoms with Crippen LogP contribution in [0.5, 0.6) is 0 Å². The SMILES string of the molecule is C=CCC(=O)OC(C=C)[C@@H]1CCOC(c2ccccc2)O1. The summed E-state index contributed by atoms with van der Waals surface area (Å²) in [5.41, 5.74) is 0.947. The molecule has 0 N–H and O–H groups in total. The average molecular weight is 288 g/mol. The lowest BCUT2D eigenvalue weighted by molar-refractivity contribution is -0.236. The first-order valence-corrected chi connectivity index (χ1v) is 6.99. The maximum atomic E-state index is 11.6. The Labute approximate surface area is 125 Å². The van der Waals surface area contributed by atoms with Crippen LogP contribution in [0.1, 0.15) is 24.7 Å². The summed E-state index contributed by atoms with van der Waals surface area (Å²) in [6.07, 6.45) is 2.77. The number of esters is 1. The van der Waals surface area contributed by atoms with Gasteiger partial charge in [0.25, 0.3) is 0 Å². The van der Waals surface area contributed by atoms with Gasteiger partial charge in [-0.05, 0) is 6.08 Å². The van der Waals surface area contributed by atoms with Gasteiger partial charge < -0.3 is 14.2 Å². The highest BCUT2D eigenvalue weighted by Crippen LogP contribution is 2.28. The van der Waals surface area contributed by atoms with Crippen LogP contribution in [0.3, 0.4) is 0 Å². The van der Waals surface area contributed by atoms with Crippen molar-refractivity contribution >= 4 is 5.97 Å². The van der Waals surface area contributed by atoms with Crippen LogP contribution in [0, 0.1) is 0 Å². The first-order valence-electron chi connectivity index (χ1n) is 6.99. The molecular formula is C17H20O4. The number of hydrogen-bond acceptors (Lipinski definition) is 4. The highest BCUT2D eigenvalue weighted by Gasteiger charge is 2.31. The minimum absolute atomic E-state index is 0.176. The topological polar surface area (TPSA) is 44.8 Å². The second kappa shape index (κ2) is 7.76. The van der Waals surface area contributed by atoms with Crippen LogP contribution in [0.25, 0.3) is 0 Å². The summed E-state index contributed by atoms with van der Waals surface area (Å²) in [7, 11) is 0. The van der Waals surface area contributed by atoms with Gasteiger partial charge in [-0.2, -0.15) is 0 Å². The van der Waals surface area contributed by atoms with Gasteiger partial charge in [-0.3, -0.25) is 4.79 Å². The van der Waals surface area contributed by atoms with Crippen LogP contribution in [-0.4, -0.2) is 24.8 Å². The van der Waals surface area contributed by atoms with Crippen LogP contribution in [0.4, 0.5) is 0 Å². The van der Waals surface area contributed by atoms with Gasteiger partial charge in [0.2, 0.25) is 0 Å². The monoisotopic (exact) mass is 288 g/mol. The highest BCUT2D eigenvalue weighted by atomic mass is 16.7. The minimum atomic E-state index is -0.479. The van der Waals surface area contributed by atoms with Crippen molar-refractivity contribution in [3.8, 4) is 0 Å². The van der Waals surface area contributed by atoms with Crippen molar-refractivity contribution in [1.82, 2.24) is 0 Å². The van der Waals surface area contributed by atoms with Gasteiger partial charge in [-0.25, -0.2) is 0 Å². The lowest BCUT2D eigenvalue weighted by Crippen LogP contribution is -2.38. The second-order valence-electron chi connectivity index (χ2n) is 4.76. The van der Waals surface area contributed by atoms with Crippen molar-refractivity contribution in [2.75, 3.05) is 6.61 Å². The molecule has 0 saturated carbocycles. The van der Waals surface area contributed by atoms with E-state index in [1.807, 2.05) is 30.3 Å². The van der Waals surface area contributed by atoms with E-state index in [0.29, 0.717) is 13.0 Å². The molecule has 2 rings (SSSR count). The Morgan fingerprint density at radius 1 is 1.38 bits per heavy atom. The van der Waals surface area contributed by atoms with Crippen LogP contribution in [0.2, 0.25) is 0 Å². The van der Waals surface area contributed by atoms with Gasteiger partial charge in [0, 0.05) is 12.0 Å². The number of carbonyl (C=O) groups excluding carboxylic acids is 1. The van der Waals surface area contributed by atoms with E-state index in [0.717, 1.165) is 5.56 Å². The molecule has 0 amide bonds. The van der Waals surface area contributed by atoms with E-state index < -0.39 is 12.4 Å². The summed E-state index contributed by atoms with van der Waals surface area (Å²) in [6.45, 7) is 7.79. The maximum Gasteiger partial charge on any atom is 0.310 e. The lowest BCUT2D eigenvalue weighted by Gasteiger charge is -2.33. The van der Waals surface area contributed by atoms with Crippen molar-refractivity contribution in [2.45, 2.75) is 31.3 Å². The highest BCUT2D eigenvalue weighted by molar-refractivity contribution is 5.71. The molecule has 1 saturated heterocycles. The first kappa shape index (κ1) is 15.5. The molecule has 0 bridgehead atoms. The van der Waals surface area contributed by atoms with Crippen molar-refractivity contribution in [2.24, 2.45) is 0 Å². The molecule has 112 valence electrons. The maximum absolute atomic E-state index is 11.6. The predicted octanol–water partition coefficient (Wildman–Crippen LogP) is 3.16. The smallest absolute Gasteiger partial charge is 0.310 e. The fourth-order valence-corrected chi connectivity index (χ4v) is 2.18. The van der Waals surface area contributed by atoms with E-state index in [-0.39, 0.29) is 18.5 Å². The van der Waals surface area contributed by atoms with Gasteiger partial charge >= 0.3 is 5.97 Å². The van der Waals surface area contributed by atoms with Crippen molar-refractivity contribution in [3.63, 3.8) is 0 Å². The molecule has 0 spiro atoms. The van der Waals surface area contributed by atoms with Crippen LogP contribution < -0.4 is 0 Å². The van der Waals surface area contributed by atoms with Gasteiger partial charge in [-0.1, -0.05) is 43.0 Å². The van der Waals surface area contributed by atoms with E-state index in [9.17, 15) is 4.79 Å². The number of rotatable bonds is 6. The van der Waals surface area contributed by atoms with Crippen molar-refractivity contribution in [1.29, 1.82) is 0 Å². The summed E-state index contributed by atoms with van der Waals surface area (Å²) in [6, 6.07) is 9.69. The molecule has 0 radical (unpaired) electrons. The van der Waals surface area contributed by atoms with E-state index in [1.165, 1.54) is 6.08 Å². The van der Waals surface area contributed by atoms with E-state index >= 15 is 0 Å². The Kier molecular flexibility index (Phi) is 5.72. The molecule has 1 aromatic rings. The zero-order valence-electron chi connectivity index (χ0n) is 11.9. The quantitative estimate of drug-likeness (QED) is 0.596. The Morgan fingerprint density at radius 3 is 2.81 bits per heavy atom. The summed E-state index contributed by atoms with van der Waals surface area (Å²) < 4.78 is 16.9. The van der Waals surface area contributed by atoms with Gasteiger partial charge in [-0.15, -0.1) is 6.58 Å². The molecule has 0 aromatic heterocycles. The van der Waals surface area contributed by atoms with E-state index in [1.54, 1.807) is 6.08 Å². The first-order chi connectivity index (χ1) is 10.2. The van der Waals surface area contributed by atoms with Gasteiger partial charge in [0.1, 0.15) is 12.2 Å². The fourth-order valence-electron chi connectivity index (χ4n) is 2.18. The number of carbonyl (C=O) groups is 1. The third-order valence-electron chi connectivity index (χ3n) is 3.22. The second-order valence-corrected chi connectivity index (χ2v) is 4.76. The third kappa shape index (κ3) is 4.28. The molecule has 1 aromatic carbocycles. The largest absolute Gasteiger partial charge is 0.455 e. The number of hydrogen-bond donors (Lipinski definition) is 0. The molecule has 1 heterocycles. The summed E-state index contributed by atoms with van der Waals surface area (Å²) in [5.74, 6) is -0.332. The standard InChI is InChI=1S/C17H20O4/c1-3-8-16(18)20-14(4-2)15-11-12-19-17(21-15)13-9-6-5-7-10-13/h3-7,9-10,14-15,17H,1-2,8,11-12H2/t14?,15-,17?/m0/s1. The molecule has 1 fully saturated rings. The number of benzene rings is 1. The van der Waals surface area contributed by atoms with E-state index in [4.69, 9.17) is 14.2 Å². The van der Waals surface area contributed by atoms with Crippen molar-refractivity contribution < 1.29 is 19.0 Å². The normalized spacial score (nSPS) is 23.0. The summed E-state index contributed by atoms with van der Waals surface area (Å²) >= 11 is 0. The average Bonchev–Trinajstić information content (AvgIpc) is 2.54. The van der Waals surface area contributed by atoms with Crippen molar-refractivity contribution in [3.05, 3.63) is 61.2 Å². The molecular weight excluding hydrogens is 268 g/mol. The van der Waals surface area contributed by atoms with Gasteiger partial charge in [0.05, 0.1) is 13.0 Å². The van der Waals surface area contributed by atoms with Gasteiger partial charge in [0.15, 0.2) is 6.29 Å². The van der Waals surface area contributed by atoms with Crippen LogP contribution in [-0.2, 0) is 19.0 Å². The number of ether oxygens (including phenoxy) is 3. The molecule has 3 atom stereocenters. The molecule has 4 heteroatoms. The Bertz CT molecular complexity index is 483. The predicted molar refractivity (Wildman–Crippen MR) is 79.5 cm³/mol. The van der Waals surface area contributed by atoms with Crippen LogP contribution >= 0.6 is 0 Å². The fraction of sp³-hybridized carbons (Fsp3) is 0.353. The van der Waals surface area contributed by atoms with E-state index in [2.05, 4.69) is 13.2 Å². The molecule has 0 aliphatic carbocycles. The molecule has 4 nitrogen and oxygen atoms in total. The molecule has 2 unspecified atom stereocenters. The molecule has 1 aliphatic heterocycles. The molecule has 1 aliphatic rings. The third-order valence-corrected chi connectivity index (χ3v) is 3.22. The Balaban J connectivity index is 2.00. The zero-order chi connectivity index (χ0) is 15.1. The Morgan fingerprint density at radius 2 is 2.14 bits per heavy atom. The zero-order valence-corrected chi connectivity index (χ0v) is 11.9. The minimum Gasteiger partial charge on any atom is -0.455 e. The molecule has 21 heavy (non-hydrogen) atoms. The van der Waals surface area contributed by atoms with Crippen LogP contribution in [0.15, 0.2) is 55.6 Å². The Hall–Kier alpha value is -1.91. The lowest BCUT2D eigenvalue weighted by atomic mass is 10.1. The summed E-state index contributed by atoms with van der Waals surface area (Å²) in [5, 5.41) is 0. The summed E-state index contributed by atoms with van der Waals surface area (Å²) in [4.78, 5) is 11.6.